The molecule has 2 atom stereocenters. The van der Waals surface area contributed by atoms with Crippen molar-refractivity contribution in [1.29, 1.82) is 0 Å². The maximum absolute atomic E-state index is 11.7. The molecule has 0 aliphatic carbocycles. The Labute approximate surface area is 114 Å². The summed E-state index contributed by atoms with van der Waals surface area (Å²) in [5, 5.41) is 20.4. The van der Waals surface area contributed by atoms with Crippen molar-refractivity contribution < 1.29 is 15.0 Å². The third kappa shape index (κ3) is 2.87. The zero-order valence-corrected chi connectivity index (χ0v) is 11.8. The average Bonchev–Trinajstić information content (AvgIpc) is 2.34. The Kier molecular flexibility index (Phi) is 4.53. The van der Waals surface area contributed by atoms with E-state index in [-0.39, 0.29) is 0 Å². The van der Waals surface area contributed by atoms with Gasteiger partial charge in [-0.05, 0) is 12.0 Å². The summed E-state index contributed by atoms with van der Waals surface area (Å²) in [6, 6.07) is 9.24. The van der Waals surface area contributed by atoms with Gasteiger partial charge in [-0.15, -0.1) is 6.58 Å². The van der Waals surface area contributed by atoms with Crippen molar-refractivity contribution >= 4 is 5.97 Å². The Morgan fingerprint density at radius 2 is 1.84 bits per heavy atom. The Balaban J connectivity index is 3.38. The molecule has 0 saturated carbocycles. The van der Waals surface area contributed by atoms with Gasteiger partial charge in [0.2, 0.25) is 0 Å². The fourth-order valence-electron chi connectivity index (χ4n) is 2.39. The van der Waals surface area contributed by atoms with Crippen molar-refractivity contribution in [3.8, 4) is 0 Å². The number of carboxylic acids is 1. The van der Waals surface area contributed by atoms with Crippen LogP contribution in [-0.4, -0.2) is 21.8 Å². The van der Waals surface area contributed by atoms with E-state index in [4.69, 9.17) is 0 Å². The van der Waals surface area contributed by atoms with E-state index in [0.29, 0.717) is 6.42 Å². The number of benzene rings is 1. The van der Waals surface area contributed by atoms with Crippen molar-refractivity contribution in [2.24, 2.45) is 5.41 Å². The average molecular weight is 262 g/mol. The zero-order valence-electron chi connectivity index (χ0n) is 11.8. The van der Waals surface area contributed by atoms with Crippen LogP contribution in [0.25, 0.3) is 0 Å². The maximum Gasteiger partial charge on any atom is 0.336 e. The molecule has 0 aromatic heterocycles. The van der Waals surface area contributed by atoms with E-state index in [2.05, 4.69) is 6.58 Å². The lowest BCUT2D eigenvalue weighted by Crippen LogP contribution is -2.54. The van der Waals surface area contributed by atoms with Gasteiger partial charge >= 0.3 is 5.97 Å². The molecule has 0 amide bonds. The van der Waals surface area contributed by atoms with Gasteiger partial charge in [0.1, 0.15) is 0 Å². The van der Waals surface area contributed by atoms with Crippen molar-refractivity contribution in [2.75, 3.05) is 0 Å². The molecular formula is C16H22O3. The van der Waals surface area contributed by atoms with E-state index in [9.17, 15) is 15.0 Å². The largest absolute Gasteiger partial charge is 0.479 e. The molecule has 2 unspecified atom stereocenters. The molecule has 0 aliphatic heterocycles. The molecule has 0 saturated heterocycles. The highest BCUT2D eigenvalue weighted by Gasteiger charge is 2.53. The summed E-state index contributed by atoms with van der Waals surface area (Å²) in [6.07, 6.45) is 2.06. The first-order chi connectivity index (χ1) is 8.75. The van der Waals surface area contributed by atoms with E-state index >= 15 is 0 Å². The summed E-state index contributed by atoms with van der Waals surface area (Å²) in [5.74, 6) is -1.72. The summed E-state index contributed by atoms with van der Waals surface area (Å²) in [6.45, 7) is 8.89. The predicted molar refractivity (Wildman–Crippen MR) is 76.0 cm³/mol. The molecule has 0 radical (unpaired) electrons. The second-order valence-electron chi connectivity index (χ2n) is 5.81. The van der Waals surface area contributed by atoms with E-state index in [1.165, 1.54) is 0 Å². The minimum absolute atomic E-state index is 0.407. The van der Waals surface area contributed by atoms with Crippen LogP contribution < -0.4 is 0 Å². The molecule has 19 heavy (non-hydrogen) atoms. The van der Waals surface area contributed by atoms with Crippen molar-refractivity contribution in [3.63, 3.8) is 0 Å². The molecule has 3 heteroatoms. The lowest BCUT2D eigenvalue weighted by Gasteiger charge is -2.42. The SMILES string of the molecule is C=CCC(c1ccccc1)C(O)(C(=O)O)C(C)(C)C. The van der Waals surface area contributed by atoms with Crippen LogP contribution in [0, 0.1) is 5.41 Å². The highest BCUT2D eigenvalue weighted by molar-refractivity contribution is 5.80. The van der Waals surface area contributed by atoms with Crippen LogP contribution in [0.5, 0.6) is 0 Å². The molecule has 1 aromatic rings. The molecule has 2 N–H and O–H groups in total. The van der Waals surface area contributed by atoms with Crippen molar-refractivity contribution in [1.82, 2.24) is 0 Å². The number of aliphatic carboxylic acids is 1. The Morgan fingerprint density at radius 3 is 2.21 bits per heavy atom. The van der Waals surface area contributed by atoms with Gasteiger partial charge in [0.15, 0.2) is 5.60 Å². The van der Waals surface area contributed by atoms with Gasteiger partial charge in [-0.3, -0.25) is 0 Å². The van der Waals surface area contributed by atoms with Crippen molar-refractivity contribution in [2.45, 2.75) is 38.7 Å². The number of hydrogen-bond donors (Lipinski definition) is 2. The van der Waals surface area contributed by atoms with Gasteiger partial charge in [0.05, 0.1) is 0 Å². The Hall–Kier alpha value is -1.61. The minimum Gasteiger partial charge on any atom is -0.479 e. The monoisotopic (exact) mass is 262 g/mol. The molecule has 3 nitrogen and oxygen atoms in total. The van der Waals surface area contributed by atoms with Crippen LogP contribution in [-0.2, 0) is 4.79 Å². The molecule has 104 valence electrons. The third-order valence-corrected chi connectivity index (χ3v) is 3.58. The first-order valence-electron chi connectivity index (χ1n) is 6.36. The highest BCUT2D eigenvalue weighted by atomic mass is 16.4. The van der Waals surface area contributed by atoms with E-state index < -0.39 is 22.9 Å². The summed E-state index contributed by atoms with van der Waals surface area (Å²) in [4.78, 5) is 11.7. The fraction of sp³-hybridized carbons (Fsp3) is 0.438. The summed E-state index contributed by atoms with van der Waals surface area (Å²) >= 11 is 0. The number of rotatable bonds is 5. The zero-order chi connectivity index (χ0) is 14.7. The van der Waals surface area contributed by atoms with Crippen molar-refractivity contribution in [3.05, 3.63) is 48.6 Å². The van der Waals surface area contributed by atoms with Gasteiger partial charge in [-0.1, -0.05) is 57.2 Å². The van der Waals surface area contributed by atoms with Crippen LogP contribution in [0.4, 0.5) is 0 Å². The Bertz CT molecular complexity index is 445. The number of allylic oxidation sites excluding steroid dienone is 1. The number of aliphatic hydroxyl groups is 1. The topological polar surface area (TPSA) is 57.5 Å². The molecule has 0 bridgehead atoms. The summed E-state index contributed by atoms with van der Waals surface area (Å²) in [5.41, 5.74) is -1.83. The normalized spacial score (nSPS) is 16.4. The van der Waals surface area contributed by atoms with Gasteiger partial charge in [0.25, 0.3) is 0 Å². The molecule has 0 heterocycles. The number of carboxylic acid groups (broad SMARTS) is 1. The van der Waals surface area contributed by atoms with E-state index in [1.807, 2.05) is 30.3 Å². The van der Waals surface area contributed by atoms with Crippen LogP contribution in [0.1, 0.15) is 38.7 Å². The van der Waals surface area contributed by atoms with Gasteiger partial charge < -0.3 is 10.2 Å². The van der Waals surface area contributed by atoms with Crippen LogP contribution in [0.3, 0.4) is 0 Å². The summed E-state index contributed by atoms with van der Waals surface area (Å²) in [7, 11) is 0. The second-order valence-corrected chi connectivity index (χ2v) is 5.81. The van der Waals surface area contributed by atoms with Crippen LogP contribution in [0.15, 0.2) is 43.0 Å². The summed E-state index contributed by atoms with van der Waals surface area (Å²) < 4.78 is 0. The molecular weight excluding hydrogens is 240 g/mol. The molecule has 1 rings (SSSR count). The molecule has 1 aromatic carbocycles. The predicted octanol–water partition coefficient (Wildman–Crippen LogP) is 3.21. The molecule has 0 aliphatic rings. The number of carbonyl (C=O) groups is 1. The number of hydrogen-bond acceptors (Lipinski definition) is 2. The highest BCUT2D eigenvalue weighted by Crippen LogP contribution is 2.44. The van der Waals surface area contributed by atoms with E-state index in [1.54, 1.807) is 26.8 Å². The standard InChI is InChI=1S/C16H22O3/c1-5-9-13(12-10-7-6-8-11-12)16(19,14(17)18)15(2,3)4/h5-8,10-11,13,19H,1,9H2,2-4H3,(H,17,18). The smallest absolute Gasteiger partial charge is 0.336 e. The van der Waals surface area contributed by atoms with Crippen LogP contribution in [0.2, 0.25) is 0 Å². The van der Waals surface area contributed by atoms with Crippen LogP contribution >= 0.6 is 0 Å². The maximum atomic E-state index is 11.7. The van der Waals surface area contributed by atoms with E-state index in [0.717, 1.165) is 5.56 Å². The Morgan fingerprint density at radius 1 is 1.32 bits per heavy atom. The van der Waals surface area contributed by atoms with Gasteiger partial charge in [-0.25, -0.2) is 4.79 Å². The lowest BCUT2D eigenvalue weighted by molar-refractivity contribution is -0.175. The third-order valence-electron chi connectivity index (χ3n) is 3.58. The first-order valence-corrected chi connectivity index (χ1v) is 6.36. The molecule has 0 fully saturated rings. The van der Waals surface area contributed by atoms with Gasteiger partial charge in [-0.2, -0.15) is 0 Å². The second kappa shape index (κ2) is 5.57. The fourth-order valence-corrected chi connectivity index (χ4v) is 2.39. The van der Waals surface area contributed by atoms with Gasteiger partial charge in [0, 0.05) is 11.3 Å². The quantitative estimate of drug-likeness (QED) is 0.801. The lowest BCUT2D eigenvalue weighted by atomic mass is 9.65. The molecule has 0 spiro atoms. The minimum atomic E-state index is -1.84. The first kappa shape index (κ1) is 15.4.